The summed E-state index contributed by atoms with van der Waals surface area (Å²) in [6.07, 6.45) is 4.33. The van der Waals surface area contributed by atoms with Crippen molar-refractivity contribution in [2.24, 2.45) is 5.73 Å². The molecule has 0 spiro atoms. The molecule has 104 valence electrons. The summed E-state index contributed by atoms with van der Waals surface area (Å²) >= 11 is 0. The molecule has 1 aromatic heterocycles. The van der Waals surface area contributed by atoms with Crippen LogP contribution in [0.3, 0.4) is 0 Å². The summed E-state index contributed by atoms with van der Waals surface area (Å²) in [4.78, 5) is 11.1. The average Bonchev–Trinajstić information content (AvgIpc) is 3.11. The molecule has 3 rings (SSSR count). The van der Waals surface area contributed by atoms with Crippen molar-refractivity contribution < 1.29 is 4.79 Å². The Labute approximate surface area is 117 Å². The van der Waals surface area contributed by atoms with Gasteiger partial charge in [0.2, 0.25) is 0 Å². The number of primary amides is 1. The van der Waals surface area contributed by atoms with E-state index in [1.54, 1.807) is 16.9 Å². The monoisotopic (exact) mass is 270 g/mol. The number of nitrogens with two attached hydrogens (primary N) is 1. The number of benzene rings is 1. The Bertz CT molecular complexity index is 643. The van der Waals surface area contributed by atoms with Gasteiger partial charge in [0, 0.05) is 18.8 Å². The Morgan fingerprint density at radius 1 is 1.45 bits per heavy atom. The number of aromatic nitrogens is 2. The Kier molecular flexibility index (Phi) is 3.28. The SMILES string of the molecule is Cc1cc(-n2ccc(C(N)=O)n2)ccc1CNC1CC1. The van der Waals surface area contributed by atoms with Gasteiger partial charge in [-0.2, -0.15) is 5.10 Å². The van der Waals surface area contributed by atoms with Gasteiger partial charge in [0.1, 0.15) is 5.69 Å². The summed E-state index contributed by atoms with van der Waals surface area (Å²) in [5.74, 6) is -0.509. The van der Waals surface area contributed by atoms with Crippen LogP contribution in [0, 0.1) is 6.92 Å². The van der Waals surface area contributed by atoms with Gasteiger partial charge >= 0.3 is 0 Å². The summed E-state index contributed by atoms with van der Waals surface area (Å²) in [6, 6.07) is 8.51. The zero-order valence-corrected chi connectivity index (χ0v) is 11.5. The molecule has 5 nitrogen and oxygen atoms in total. The Morgan fingerprint density at radius 2 is 2.25 bits per heavy atom. The van der Waals surface area contributed by atoms with Gasteiger partial charge in [-0.1, -0.05) is 6.07 Å². The van der Waals surface area contributed by atoms with Crippen molar-refractivity contribution in [1.82, 2.24) is 15.1 Å². The highest BCUT2D eigenvalue weighted by atomic mass is 16.1. The second kappa shape index (κ2) is 5.09. The van der Waals surface area contributed by atoms with E-state index in [1.165, 1.54) is 24.0 Å². The van der Waals surface area contributed by atoms with E-state index in [1.807, 2.05) is 6.07 Å². The van der Waals surface area contributed by atoms with Crippen molar-refractivity contribution in [2.45, 2.75) is 32.4 Å². The summed E-state index contributed by atoms with van der Waals surface area (Å²) in [5.41, 5.74) is 8.93. The number of amides is 1. The Hall–Kier alpha value is -2.14. The molecule has 1 aliphatic rings. The lowest BCUT2D eigenvalue weighted by atomic mass is 10.1. The van der Waals surface area contributed by atoms with Gasteiger partial charge in [-0.3, -0.25) is 4.79 Å². The topological polar surface area (TPSA) is 72.9 Å². The lowest BCUT2D eigenvalue weighted by molar-refractivity contribution is 0.0995. The molecule has 3 N–H and O–H groups in total. The number of nitrogens with one attached hydrogen (secondary N) is 1. The normalized spacial score (nSPS) is 14.4. The highest BCUT2D eigenvalue weighted by molar-refractivity contribution is 5.90. The molecule has 1 heterocycles. The summed E-state index contributed by atoms with van der Waals surface area (Å²) in [5, 5.41) is 7.67. The number of hydrogen-bond acceptors (Lipinski definition) is 3. The number of carbonyl (C=O) groups is 1. The number of nitrogens with zero attached hydrogens (tertiary/aromatic N) is 2. The zero-order chi connectivity index (χ0) is 14.1. The molecule has 1 aliphatic carbocycles. The van der Waals surface area contributed by atoms with Crippen molar-refractivity contribution in [1.29, 1.82) is 0 Å². The molecule has 0 saturated heterocycles. The van der Waals surface area contributed by atoms with Gasteiger partial charge in [-0.25, -0.2) is 4.68 Å². The molecule has 1 amide bonds. The first-order chi connectivity index (χ1) is 9.63. The molecule has 0 unspecified atom stereocenters. The van der Waals surface area contributed by atoms with Crippen LogP contribution in [0.25, 0.3) is 5.69 Å². The maximum Gasteiger partial charge on any atom is 0.269 e. The minimum Gasteiger partial charge on any atom is -0.364 e. The average molecular weight is 270 g/mol. The lowest BCUT2D eigenvalue weighted by Gasteiger charge is -2.09. The van der Waals surface area contributed by atoms with Gasteiger partial charge in [-0.15, -0.1) is 0 Å². The third kappa shape index (κ3) is 2.72. The number of rotatable bonds is 5. The number of aryl methyl sites for hydroxylation is 1. The van der Waals surface area contributed by atoms with Gasteiger partial charge in [0.05, 0.1) is 5.69 Å². The van der Waals surface area contributed by atoms with Crippen LogP contribution in [-0.2, 0) is 6.54 Å². The van der Waals surface area contributed by atoms with Crippen LogP contribution in [0.2, 0.25) is 0 Å². The van der Waals surface area contributed by atoms with Gasteiger partial charge in [-0.05, 0) is 49.1 Å². The first kappa shape index (κ1) is 12.9. The quantitative estimate of drug-likeness (QED) is 0.865. The van der Waals surface area contributed by atoms with Gasteiger partial charge < -0.3 is 11.1 Å². The van der Waals surface area contributed by atoms with E-state index < -0.39 is 5.91 Å². The number of hydrogen-bond donors (Lipinski definition) is 2. The lowest BCUT2D eigenvalue weighted by Crippen LogP contribution is -2.16. The van der Waals surface area contributed by atoms with Crippen molar-refractivity contribution in [2.75, 3.05) is 0 Å². The number of carbonyl (C=O) groups excluding carboxylic acids is 1. The second-order valence-electron chi connectivity index (χ2n) is 5.28. The maximum absolute atomic E-state index is 11.1. The summed E-state index contributed by atoms with van der Waals surface area (Å²) in [6.45, 7) is 2.99. The minimum atomic E-state index is -0.509. The molecular formula is C15H18N4O. The van der Waals surface area contributed by atoms with E-state index in [9.17, 15) is 4.79 Å². The van der Waals surface area contributed by atoms with E-state index in [2.05, 4.69) is 29.5 Å². The van der Waals surface area contributed by atoms with Crippen LogP contribution in [0.5, 0.6) is 0 Å². The van der Waals surface area contributed by atoms with Gasteiger partial charge in [0.25, 0.3) is 5.91 Å². The fourth-order valence-electron chi connectivity index (χ4n) is 2.16. The minimum absolute atomic E-state index is 0.280. The first-order valence-electron chi connectivity index (χ1n) is 6.82. The van der Waals surface area contributed by atoms with E-state index in [4.69, 9.17) is 5.73 Å². The fourth-order valence-corrected chi connectivity index (χ4v) is 2.16. The Morgan fingerprint density at radius 3 is 2.85 bits per heavy atom. The fraction of sp³-hybridized carbons (Fsp3) is 0.333. The van der Waals surface area contributed by atoms with Crippen LogP contribution < -0.4 is 11.1 Å². The van der Waals surface area contributed by atoms with Crippen molar-refractivity contribution in [3.05, 3.63) is 47.3 Å². The van der Waals surface area contributed by atoms with E-state index >= 15 is 0 Å². The van der Waals surface area contributed by atoms with Crippen molar-refractivity contribution >= 4 is 5.91 Å². The molecule has 2 aromatic rings. The second-order valence-corrected chi connectivity index (χ2v) is 5.28. The highest BCUT2D eigenvalue weighted by Gasteiger charge is 2.20. The van der Waals surface area contributed by atoms with Crippen LogP contribution in [0.15, 0.2) is 30.5 Å². The maximum atomic E-state index is 11.1. The van der Waals surface area contributed by atoms with Crippen LogP contribution in [0.1, 0.15) is 34.5 Å². The third-order valence-corrected chi connectivity index (χ3v) is 3.59. The largest absolute Gasteiger partial charge is 0.364 e. The van der Waals surface area contributed by atoms with Crippen LogP contribution >= 0.6 is 0 Å². The third-order valence-electron chi connectivity index (χ3n) is 3.59. The molecule has 5 heteroatoms. The van der Waals surface area contributed by atoms with E-state index in [0.717, 1.165) is 12.2 Å². The Balaban J connectivity index is 1.79. The molecular weight excluding hydrogens is 252 g/mol. The molecule has 0 radical (unpaired) electrons. The molecule has 1 aromatic carbocycles. The molecule has 1 saturated carbocycles. The smallest absolute Gasteiger partial charge is 0.269 e. The predicted molar refractivity (Wildman–Crippen MR) is 76.7 cm³/mol. The van der Waals surface area contributed by atoms with Crippen molar-refractivity contribution in [3.8, 4) is 5.69 Å². The first-order valence-corrected chi connectivity index (χ1v) is 6.82. The molecule has 0 aliphatic heterocycles. The molecule has 20 heavy (non-hydrogen) atoms. The summed E-state index contributed by atoms with van der Waals surface area (Å²) in [7, 11) is 0. The zero-order valence-electron chi connectivity index (χ0n) is 11.5. The van der Waals surface area contributed by atoms with Gasteiger partial charge in [0.15, 0.2) is 0 Å². The predicted octanol–water partition coefficient (Wildman–Crippen LogP) is 1.53. The van der Waals surface area contributed by atoms with Crippen LogP contribution in [-0.4, -0.2) is 21.7 Å². The summed E-state index contributed by atoms with van der Waals surface area (Å²) < 4.78 is 1.67. The molecule has 1 fully saturated rings. The van der Waals surface area contributed by atoms with Crippen LogP contribution in [0.4, 0.5) is 0 Å². The standard InChI is InChI=1S/C15H18N4O/c1-10-8-13(19-7-6-14(18-19)15(16)20)5-2-11(10)9-17-12-3-4-12/h2,5-8,12,17H,3-4,9H2,1H3,(H2,16,20). The van der Waals surface area contributed by atoms with E-state index in [0.29, 0.717) is 6.04 Å². The highest BCUT2D eigenvalue weighted by Crippen LogP contribution is 2.20. The molecule has 0 atom stereocenters. The molecule has 0 bridgehead atoms. The van der Waals surface area contributed by atoms with Crippen molar-refractivity contribution in [3.63, 3.8) is 0 Å². The van der Waals surface area contributed by atoms with E-state index in [-0.39, 0.29) is 5.69 Å².